The molecular formula is C49H48N10O4. The van der Waals surface area contributed by atoms with Gasteiger partial charge in [-0.15, -0.1) is 0 Å². The average molecular weight is 841 g/mol. The molecule has 6 aromatic rings. The highest BCUT2D eigenvalue weighted by Gasteiger charge is 2.46. The topological polar surface area (TPSA) is 176 Å². The van der Waals surface area contributed by atoms with Crippen molar-refractivity contribution in [2.45, 2.75) is 84.1 Å². The number of fused-ring (bicyclic) bond motifs is 2. The van der Waals surface area contributed by atoms with Crippen LogP contribution in [0.25, 0.3) is 22.3 Å². The van der Waals surface area contributed by atoms with Crippen LogP contribution in [0.1, 0.15) is 97.1 Å². The molecule has 0 saturated heterocycles. The minimum atomic E-state index is -0.705. The SMILES string of the molecule is Cc1ncc(-c2ccc3c(c2)N(c2cccc(C(=O)NC4CC4)n2)C(=O)C3(C)C)cn1.Cc1ncc(-c2ccc3c(c2)N(c2cccc(C(=O)NCC4CC4)n2)C(=O)C3(C)C)cn1. The third-order valence-electron chi connectivity index (χ3n) is 12.1. The fourth-order valence-corrected chi connectivity index (χ4v) is 7.88. The zero-order valence-corrected chi connectivity index (χ0v) is 36.1. The quantitative estimate of drug-likeness (QED) is 0.147. The minimum absolute atomic E-state index is 0.0761. The maximum atomic E-state index is 13.4. The van der Waals surface area contributed by atoms with E-state index in [1.807, 2.05) is 77.9 Å². The van der Waals surface area contributed by atoms with E-state index in [0.717, 1.165) is 70.4 Å². The molecule has 0 spiro atoms. The van der Waals surface area contributed by atoms with E-state index in [1.54, 1.807) is 71.0 Å². The third-order valence-corrected chi connectivity index (χ3v) is 12.1. The molecule has 0 bridgehead atoms. The number of amides is 4. The summed E-state index contributed by atoms with van der Waals surface area (Å²) in [4.78, 5) is 81.4. The number of pyridine rings is 2. The molecule has 318 valence electrons. The number of carbonyl (C=O) groups is 4. The van der Waals surface area contributed by atoms with Gasteiger partial charge in [0.2, 0.25) is 11.8 Å². The van der Waals surface area contributed by atoms with E-state index in [4.69, 9.17) is 0 Å². The smallest absolute Gasteiger partial charge is 0.270 e. The normalized spacial score (nSPS) is 16.8. The Morgan fingerprint density at radius 2 is 1.05 bits per heavy atom. The number of rotatable bonds is 9. The molecule has 4 aliphatic rings. The molecule has 14 nitrogen and oxygen atoms in total. The molecule has 6 heterocycles. The van der Waals surface area contributed by atoms with Gasteiger partial charge in [0, 0.05) is 48.5 Å². The van der Waals surface area contributed by atoms with Gasteiger partial charge in [0.15, 0.2) is 0 Å². The van der Waals surface area contributed by atoms with Crippen molar-refractivity contribution in [2.24, 2.45) is 5.92 Å². The largest absolute Gasteiger partial charge is 0.350 e. The lowest BCUT2D eigenvalue weighted by atomic mass is 9.85. The molecule has 2 aliphatic heterocycles. The molecule has 63 heavy (non-hydrogen) atoms. The molecule has 0 unspecified atom stereocenters. The first kappa shape index (κ1) is 41.1. The first-order valence-electron chi connectivity index (χ1n) is 21.3. The number of nitrogens with zero attached hydrogens (tertiary/aromatic N) is 8. The van der Waals surface area contributed by atoms with E-state index < -0.39 is 10.8 Å². The average Bonchev–Trinajstić information content (AvgIpc) is 4.23. The second-order valence-corrected chi connectivity index (χ2v) is 17.7. The van der Waals surface area contributed by atoms with Crippen molar-refractivity contribution in [2.75, 3.05) is 16.3 Å². The van der Waals surface area contributed by atoms with Crippen molar-refractivity contribution in [3.05, 3.63) is 132 Å². The molecule has 2 fully saturated rings. The molecule has 0 radical (unpaired) electrons. The van der Waals surface area contributed by atoms with Crippen LogP contribution < -0.4 is 20.4 Å². The summed E-state index contributed by atoms with van der Waals surface area (Å²) in [7, 11) is 0. The predicted octanol–water partition coefficient (Wildman–Crippen LogP) is 7.64. The van der Waals surface area contributed by atoms with Crippen LogP contribution in [-0.4, -0.2) is 66.1 Å². The van der Waals surface area contributed by atoms with Crippen LogP contribution in [0, 0.1) is 19.8 Å². The van der Waals surface area contributed by atoms with Crippen molar-refractivity contribution in [3.63, 3.8) is 0 Å². The van der Waals surface area contributed by atoms with E-state index in [0.29, 0.717) is 47.1 Å². The molecular weight excluding hydrogens is 793 g/mol. The summed E-state index contributed by atoms with van der Waals surface area (Å²) in [5.74, 6) is 2.30. The minimum Gasteiger partial charge on any atom is -0.350 e. The molecule has 2 N–H and O–H groups in total. The number of carbonyl (C=O) groups excluding carboxylic acids is 4. The molecule has 14 heteroatoms. The zero-order valence-electron chi connectivity index (χ0n) is 36.1. The van der Waals surface area contributed by atoms with Gasteiger partial charge in [0.1, 0.15) is 34.7 Å². The summed E-state index contributed by atoms with van der Waals surface area (Å²) in [5, 5.41) is 5.89. The number of aryl methyl sites for hydroxylation is 2. The summed E-state index contributed by atoms with van der Waals surface area (Å²) >= 11 is 0. The summed E-state index contributed by atoms with van der Waals surface area (Å²) < 4.78 is 0. The van der Waals surface area contributed by atoms with E-state index >= 15 is 0 Å². The standard InChI is InChI=1S/C25H25N5O2.C24H23N5O2/c1-15-26-13-18(14-27-15)17-9-10-19-21(11-17)30(24(32)25(19,2)3)22-6-4-5-20(29-22)23(31)28-12-16-7-8-16;1-14-25-12-16(13-26-14)15-7-10-18-20(11-15)29(23(31)24(18,2)3)21-6-4-5-19(28-21)22(30)27-17-8-9-17/h4-6,9-11,13-14,16H,7-8,12H2,1-3H3,(H,28,31);4-7,10-13,17H,8-9H2,1-3H3,(H,27,30). The molecule has 4 aromatic heterocycles. The van der Waals surface area contributed by atoms with E-state index in [1.165, 1.54) is 0 Å². The van der Waals surface area contributed by atoms with Gasteiger partial charge in [0.25, 0.3) is 11.8 Å². The van der Waals surface area contributed by atoms with Crippen LogP contribution in [-0.2, 0) is 20.4 Å². The molecule has 2 saturated carbocycles. The Labute approximate surface area is 365 Å². The molecule has 10 rings (SSSR count). The molecule has 2 aliphatic carbocycles. The van der Waals surface area contributed by atoms with Gasteiger partial charge in [-0.05, 0) is 132 Å². The van der Waals surface area contributed by atoms with Crippen molar-refractivity contribution in [1.29, 1.82) is 0 Å². The highest BCUT2D eigenvalue weighted by Crippen LogP contribution is 2.48. The van der Waals surface area contributed by atoms with Gasteiger partial charge in [-0.25, -0.2) is 29.9 Å². The van der Waals surface area contributed by atoms with E-state index in [2.05, 4.69) is 40.5 Å². The van der Waals surface area contributed by atoms with Crippen molar-refractivity contribution in [3.8, 4) is 22.3 Å². The van der Waals surface area contributed by atoms with E-state index in [9.17, 15) is 19.2 Å². The van der Waals surface area contributed by atoms with Gasteiger partial charge in [-0.2, -0.15) is 0 Å². The number of hydrogen-bond acceptors (Lipinski definition) is 10. The third kappa shape index (κ3) is 8.04. The highest BCUT2D eigenvalue weighted by atomic mass is 16.2. The van der Waals surface area contributed by atoms with Gasteiger partial charge >= 0.3 is 0 Å². The zero-order chi connectivity index (χ0) is 44.2. The summed E-state index contributed by atoms with van der Waals surface area (Å²) in [6.07, 6.45) is 11.4. The number of nitrogens with one attached hydrogen (secondary N) is 2. The first-order chi connectivity index (χ1) is 30.2. The highest BCUT2D eigenvalue weighted by molar-refractivity contribution is 6.13. The van der Waals surface area contributed by atoms with Crippen LogP contribution in [0.15, 0.2) is 97.6 Å². The van der Waals surface area contributed by atoms with Crippen molar-refractivity contribution in [1.82, 2.24) is 40.5 Å². The predicted molar refractivity (Wildman–Crippen MR) is 239 cm³/mol. The number of anilines is 4. The molecule has 0 atom stereocenters. The van der Waals surface area contributed by atoms with Crippen LogP contribution >= 0.6 is 0 Å². The van der Waals surface area contributed by atoms with Gasteiger partial charge < -0.3 is 10.6 Å². The number of aromatic nitrogens is 6. The molecule has 4 amide bonds. The van der Waals surface area contributed by atoms with Crippen LogP contribution in [0.5, 0.6) is 0 Å². The van der Waals surface area contributed by atoms with E-state index in [-0.39, 0.29) is 29.7 Å². The van der Waals surface area contributed by atoms with Crippen LogP contribution in [0.3, 0.4) is 0 Å². The van der Waals surface area contributed by atoms with Gasteiger partial charge in [0.05, 0.1) is 22.2 Å². The number of hydrogen-bond donors (Lipinski definition) is 2. The second-order valence-electron chi connectivity index (χ2n) is 17.7. The Balaban J connectivity index is 0.000000160. The number of benzene rings is 2. The Morgan fingerprint density at radius 3 is 1.48 bits per heavy atom. The van der Waals surface area contributed by atoms with Crippen molar-refractivity contribution >= 4 is 46.6 Å². The maximum absolute atomic E-state index is 13.4. The summed E-state index contributed by atoms with van der Waals surface area (Å²) in [5.41, 5.74) is 6.16. The maximum Gasteiger partial charge on any atom is 0.270 e. The lowest BCUT2D eigenvalue weighted by molar-refractivity contribution is -0.122. The lowest BCUT2D eigenvalue weighted by Crippen LogP contribution is -2.34. The van der Waals surface area contributed by atoms with Gasteiger partial charge in [-0.3, -0.25) is 29.0 Å². The molecule has 2 aromatic carbocycles. The van der Waals surface area contributed by atoms with Crippen molar-refractivity contribution < 1.29 is 19.2 Å². The summed E-state index contributed by atoms with van der Waals surface area (Å²) in [6, 6.07) is 22.5. The fourth-order valence-electron chi connectivity index (χ4n) is 7.88. The Morgan fingerprint density at radius 1 is 0.603 bits per heavy atom. The Bertz CT molecular complexity index is 2800. The van der Waals surface area contributed by atoms with Crippen LogP contribution in [0.4, 0.5) is 23.0 Å². The lowest BCUT2D eigenvalue weighted by Gasteiger charge is -2.20. The fraction of sp³-hybridized carbons (Fsp3) is 0.306. The Kier molecular flexibility index (Phi) is 10.4. The van der Waals surface area contributed by atoms with Crippen LogP contribution in [0.2, 0.25) is 0 Å². The monoisotopic (exact) mass is 840 g/mol. The van der Waals surface area contributed by atoms with Gasteiger partial charge in [-0.1, -0.05) is 36.4 Å². The Hall–Kier alpha value is -7.22. The first-order valence-corrected chi connectivity index (χ1v) is 21.3. The summed E-state index contributed by atoms with van der Waals surface area (Å²) in [6.45, 7) is 12.0. The second kappa shape index (κ2) is 15.9.